The molecule has 56 valence electrons. The highest BCUT2D eigenvalue weighted by atomic mass is 32.9. The number of aliphatic carboxylic acids is 1. The van der Waals surface area contributed by atoms with Crippen molar-refractivity contribution in [1.82, 2.24) is 0 Å². The maximum atomic E-state index is 10.2. The molecule has 0 aliphatic heterocycles. The Bertz CT molecular complexity index is 200. The second-order valence-electron chi connectivity index (χ2n) is 1.62. The van der Waals surface area contributed by atoms with Crippen molar-refractivity contribution in [3.8, 4) is 6.07 Å². The van der Waals surface area contributed by atoms with Gasteiger partial charge in [-0.2, -0.15) is 5.26 Å². The number of thiol groups is 1. The first-order valence-corrected chi connectivity index (χ1v) is 6.55. The average Bonchev–Trinajstić information content (AvgIpc) is 1.81. The molecule has 0 rings (SSSR count). The predicted octanol–water partition coefficient (Wildman–Crippen LogP) is 0.732. The van der Waals surface area contributed by atoms with E-state index in [9.17, 15) is 4.79 Å². The quantitative estimate of drug-likeness (QED) is 0.515. The normalized spacial score (nSPS) is 15.2. The Morgan fingerprint density at radius 2 is 2.50 bits per heavy atom. The lowest BCUT2D eigenvalue weighted by Crippen LogP contribution is -2.12. The lowest BCUT2D eigenvalue weighted by molar-refractivity contribution is -0.139. The summed E-state index contributed by atoms with van der Waals surface area (Å²) in [5.74, 6) is -3.39. The van der Waals surface area contributed by atoms with Gasteiger partial charge in [-0.05, 0) is 5.90 Å². The van der Waals surface area contributed by atoms with Crippen LogP contribution in [0.4, 0.5) is 0 Å². The highest BCUT2D eigenvalue weighted by Crippen LogP contribution is 2.28. The van der Waals surface area contributed by atoms with Crippen molar-refractivity contribution in [3.63, 3.8) is 0 Å². The van der Waals surface area contributed by atoms with Crippen molar-refractivity contribution < 1.29 is 9.90 Å². The van der Waals surface area contributed by atoms with Crippen LogP contribution in [0, 0.1) is 17.2 Å². The Kier molecular flexibility index (Phi) is 4.71. The van der Waals surface area contributed by atoms with Crippen LogP contribution in [0.15, 0.2) is 0 Å². The summed E-state index contributed by atoms with van der Waals surface area (Å²) in [6.45, 7) is 0. The van der Waals surface area contributed by atoms with Crippen LogP contribution in [0.25, 0.3) is 0 Å². The van der Waals surface area contributed by atoms with Crippen molar-refractivity contribution in [3.05, 3.63) is 0 Å². The molecule has 1 N–H and O–H groups in total. The van der Waals surface area contributed by atoms with Crippen LogP contribution in [0.2, 0.25) is 0 Å². The molecule has 0 aromatic carbocycles. The molecule has 0 aromatic heterocycles. The van der Waals surface area contributed by atoms with E-state index >= 15 is 0 Å². The zero-order chi connectivity index (χ0) is 8.15. The van der Waals surface area contributed by atoms with Gasteiger partial charge >= 0.3 is 5.97 Å². The Labute approximate surface area is 69.6 Å². The number of carboxylic acid groups (broad SMARTS) is 1. The van der Waals surface area contributed by atoms with Gasteiger partial charge in [-0.15, -0.1) is 12.2 Å². The van der Waals surface area contributed by atoms with E-state index in [1.54, 1.807) is 6.07 Å². The summed E-state index contributed by atoms with van der Waals surface area (Å²) in [6, 6.07) is 1.64. The lowest BCUT2D eigenvalue weighted by atomic mass is 10.2. The lowest BCUT2D eigenvalue weighted by Gasteiger charge is -1.99. The van der Waals surface area contributed by atoms with E-state index < -0.39 is 17.8 Å². The van der Waals surface area contributed by atoms with Crippen LogP contribution < -0.4 is 0 Å². The van der Waals surface area contributed by atoms with Gasteiger partial charge in [-0.3, -0.25) is 4.79 Å². The van der Waals surface area contributed by atoms with Crippen molar-refractivity contribution in [2.45, 2.75) is 0 Å². The fourth-order valence-corrected chi connectivity index (χ4v) is 2.03. The van der Waals surface area contributed by atoms with Gasteiger partial charge in [-0.1, -0.05) is 11.8 Å². The van der Waals surface area contributed by atoms with E-state index in [1.165, 1.54) is 0 Å². The number of carbonyl (C=O) groups is 1. The Morgan fingerprint density at radius 3 is 2.60 bits per heavy atom. The van der Waals surface area contributed by atoms with Crippen LogP contribution in [-0.2, 0) is 16.6 Å². The van der Waals surface area contributed by atoms with Gasteiger partial charge < -0.3 is 5.11 Å². The summed E-state index contributed by atoms with van der Waals surface area (Å²) < 4.78 is 0. The fraction of sp³-hybridized carbons (Fsp3) is 0.500. The molecule has 0 amide bonds. The molecule has 0 spiro atoms. The van der Waals surface area contributed by atoms with Crippen molar-refractivity contribution in [1.29, 1.82) is 5.26 Å². The first-order chi connectivity index (χ1) is 4.57. The predicted molar refractivity (Wildman–Crippen MR) is 46.3 cm³/mol. The smallest absolute Gasteiger partial charge is 0.321 e. The maximum Gasteiger partial charge on any atom is 0.321 e. The van der Waals surface area contributed by atoms with Crippen LogP contribution in [-0.4, -0.2) is 17.2 Å². The number of hydrogen-bond donors (Lipinski definition) is 2. The number of carboxylic acids is 1. The van der Waals surface area contributed by atoms with Crippen molar-refractivity contribution in [2.75, 3.05) is 6.16 Å². The Hall–Kier alpha value is -0.0400. The average molecular weight is 195 g/mol. The van der Waals surface area contributed by atoms with E-state index in [-0.39, 0.29) is 6.16 Å². The zero-order valence-electron chi connectivity index (χ0n) is 4.94. The molecule has 6 heteroatoms. The second kappa shape index (κ2) is 4.73. The third kappa shape index (κ3) is 3.89. The third-order valence-corrected chi connectivity index (χ3v) is 2.64. The Morgan fingerprint density at radius 1 is 2.00 bits per heavy atom. The summed E-state index contributed by atoms with van der Waals surface area (Å²) in [7, 11) is 0. The van der Waals surface area contributed by atoms with Gasteiger partial charge in [0.05, 0.1) is 6.07 Å². The number of hydrogen-bond acceptors (Lipinski definition) is 3. The van der Waals surface area contributed by atoms with Crippen molar-refractivity contribution in [2.24, 2.45) is 5.92 Å². The fourth-order valence-electron chi connectivity index (χ4n) is 0.363. The summed E-state index contributed by atoms with van der Waals surface area (Å²) in [5.41, 5.74) is 0. The van der Waals surface area contributed by atoms with E-state index in [0.717, 1.165) is 0 Å². The molecular weight excluding hydrogens is 189 g/mol. The topological polar surface area (TPSA) is 61.1 Å². The van der Waals surface area contributed by atoms with Gasteiger partial charge in [0.15, 0.2) is 0 Å². The number of rotatable bonds is 3. The number of nitriles is 1. The van der Waals surface area contributed by atoms with Crippen LogP contribution >= 0.6 is 18.1 Å². The summed E-state index contributed by atoms with van der Waals surface area (Å²) in [4.78, 5) is 10.2. The standard InChI is InChI=1S/C4H6NO2PS2/c5-1-3(4(6)7)2-8(9)10/h3,8H,2H2,(H,6,7)(H,9,10). The summed E-state index contributed by atoms with van der Waals surface area (Å²) >= 11 is 8.58. The molecule has 0 aliphatic rings. The van der Waals surface area contributed by atoms with Crippen molar-refractivity contribution >= 4 is 35.9 Å². The van der Waals surface area contributed by atoms with Gasteiger partial charge in [-0.25, -0.2) is 0 Å². The van der Waals surface area contributed by atoms with Gasteiger partial charge in [0, 0.05) is 6.16 Å². The van der Waals surface area contributed by atoms with Gasteiger partial charge in [0.25, 0.3) is 0 Å². The van der Waals surface area contributed by atoms with Crippen LogP contribution in [0.5, 0.6) is 0 Å². The first kappa shape index (κ1) is 9.96. The molecular formula is C4H6NO2PS2. The van der Waals surface area contributed by atoms with E-state index in [0.29, 0.717) is 0 Å². The van der Waals surface area contributed by atoms with E-state index in [4.69, 9.17) is 22.2 Å². The van der Waals surface area contributed by atoms with Gasteiger partial charge in [0.2, 0.25) is 0 Å². The number of nitrogens with zero attached hydrogens (tertiary/aromatic N) is 1. The molecule has 2 atom stereocenters. The molecule has 3 nitrogen and oxygen atoms in total. The SMILES string of the molecule is N#CC(C[PH](=S)S)C(=O)O. The molecule has 0 saturated carbocycles. The molecule has 10 heavy (non-hydrogen) atoms. The zero-order valence-corrected chi connectivity index (χ0v) is 7.65. The molecule has 0 fully saturated rings. The van der Waals surface area contributed by atoms with Gasteiger partial charge in [0.1, 0.15) is 5.92 Å². The monoisotopic (exact) mass is 195 g/mol. The molecule has 0 radical (unpaired) electrons. The minimum atomic E-state index is -1.32. The maximum absolute atomic E-state index is 10.2. The van der Waals surface area contributed by atoms with Crippen LogP contribution in [0.1, 0.15) is 0 Å². The minimum absolute atomic E-state index is 0.217. The molecule has 0 aliphatic carbocycles. The Balaban J connectivity index is 4.00. The van der Waals surface area contributed by atoms with E-state index in [2.05, 4.69) is 12.2 Å². The largest absolute Gasteiger partial charge is 0.480 e. The molecule has 2 unspecified atom stereocenters. The second-order valence-corrected chi connectivity index (χ2v) is 6.82. The molecule has 0 bridgehead atoms. The van der Waals surface area contributed by atoms with E-state index in [1.807, 2.05) is 0 Å². The summed E-state index contributed by atoms with van der Waals surface area (Å²) in [6.07, 6.45) is 0.217. The van der Waals surface area contributed by atoms with Crippen LogP contribution in [0.3, 0.4) is 0 Å². The summed E-state index contributed by atoms with van der Waals surface area (Å²) in [5, 5.41) is 16.6. The minimum Gasteiger partial charge on any atom is -0.480 e. The molecule has 0 heterocycles. The molecule has 0 aromatic rings. The highest BCUT2D eigenvalue weighted by Gasteiger charge is 2.15. The highest BCUT2D eigenvalue weighted by molar-refractivity contribution is 8.56. The molecule has 0 saturated heterocycles. The first-order valence-electron chi connectivity index (χ1n) is 2.42. The third-order valence-electron chi connectivity index (χ3n) is 0.833.